The third kappa shape index (κ3) is 5.82. The first-order valence-electron chi connectivity index (χ1n) is 9.39. The number of piperazine rings is 1. The minimum Gasteiger partial charge on any atom is -0.493 e. The summed E-state index contributed by atoms with van der Waals surface area (Å²) in [4.78, 5) is 16.7. The Balaban J connectivity index is 1.47. The van der Waals surface area contributed by atoms with Crippen molar-refractivity contribution in [1.82, 2.24) is 9.80 Å². The van der Waals surface area contributed by atoms with Gasteiger partial charge in [-0.25, -0.2) is 4.39 Å². The maximum Gasteiger partial charge on any atom is 0.238 e. The summed E-state index contributed by atoms with van der Waals surface area (Å²) in [6.07, 6.45) is 0. The van der Waals surface area contributed by atoms with Gasteiger partial charge in [0.1, 0.15) is 5.82 Å². The van der Waals surface area contributed by atoms with E-state index in [0.717, 1.165) is 44.0 Å². The van der Waals surface area contributed by atoms with Crippen LogP contribution in [0.4, 0.5) is 10.1 Å². The van der Waals surface area contributed by atoms with Crippen LogP contribution >= 0.6 is 11.6 Å². The van der Waals surface area contributed by atoms with E-state index in [2.05, 4.69) is 15.1 Å². The zero-order valence-electron chi connectivity index (χ0n) is 16.6. The van der Waals surface area contributed by atoms with Gasteiger partial charge in [0.2, 0.25) is 5.91 Å². The zero-order valence-corrected chi connectivity index (χ0v) is 17.3. The van der Waals surface area contributed by atoms with Crippen LogP contribution in [-0.2, 0) is 11.3 Å². The summed E-state index contributed by atoms with van der Waals surface area (Å²) in [5.41, 5.74) is 1.57. The van der Waals surface area contributed by atoms with Gasteiger partial charge in [-0.05, 0) is 35.9 Å². The fourth-order valence-electron chi connectivity index (χ4n) is 3.33. The van der Waals surface area contributed by atoms with Crippen LogP contribution in [0.3, 0.4) is 0 Å². The molecule has 8 heteroatoms. The van der Waals surface area contributed by atoms with E-state index >= 15 is 0 Å². The highest BCUT2D eigenvalue weighted by Crippen LogP contribution is 2.28. The summed E-state index contributed by atoms with van der Waals surface area (Å²) in [5, 5.41) is 2.93. The lowest BCUT2D eigenvalue weighted by atomic mass is 10.1. The highest BCUT2D eigenvalue weighted by atomic mass is 35.5. The van der Waals surface area contributed by atoms with Crippen LogP contribution in [0, 0.1) is 5.82 Å². The molecule has 1 heterocycles. The van der Waals surface area contributed by atoms with Gasteiger partial charge in [0, 0.05) is 32.7 Å². The van der Waals surface area contributed by atoms with Crippen molar-refractivity contribution in [3.05, 3.63) is 52.8 Å². The number of halogens is 2. The molecule has 156 valence electrons. The van der Waals surface area contributed by atoms with Crippen molar-refractivity contribution in [3.63, 3.8) is 0 Å². The first-order chi connectivity index (χ1) is 14.0. The minimum absolute atomic E-state index is 0.160. The van der Waals surface area contributed by atoms with E-state index in [-0.39, 0.29) is 17.5 Å². The Kier molecular flexibility index (Phi) is 7.30. The number of carbonyl (C=O) groups is 1. The highest BCUT2D eigenvalue weighted by molar-refractivity contribution is 6.33. The number of ether oxygens (including phenoxy) is 2. The monoisotopic (exact) mass is 421 g/mol. The van der Waals surface area contributed by atoms with E-state index in [1.54, 1.807) is 14.2 Å². The highest BCUT2D eigenvalue weighted by Gasteiger charge is 2.20. The lowest BCUT2D eigenvalue weighted by Gasteiger charge is -2.34. The normalized spacial score (nSPS) is 15.2. The third-order valence-corrected chi connectivity index (χ3v) is 5.20. The Labute approximate surface area is 175 Å². The average Bonchev–Trinajstić information content (AvgIpc) is 2.71. The van der Waals surface area contributed by atoms with Crippen molar-refractivity contribution >= 4 is 23.2 Å². The van der Waals surface area contributed by atoms with E-state index in [0.29, 0.717) is 11.4 Å². The second-order valence-electron chi connectivity index (χ2n) is 6.91. The molecule has 1 aliphatic heterocycles. The molecule has 0 bridgehead atoms. The fourth-order valence-corrected chi connectivity index (χ4v) is 3.54. The molecule has 0 aliphatic carbocycles. The predicted octanol–water partition coefficient (Wildman–Crippen LogP) is 3.25. The average molecular weight is 422 g/mol. The number of amides is 1. The Morgan fingerprint density at radius 1 is 1.03 bits per heavy atom. The van der Waals surface area contributed by atoms with Crippen molar-refractivity contribution in [1.29, 1.82) is 0 Å². The van der Waals surface area contributed by atoms with Gasteiger partial charge in [0.15, 0.2) is 11.5 Å². The molecule has 1 aliphatic rings. The number of rotatable bonds is 7. The number of benzene rings is 2. The number of nitrogens with one attached hydrogen (secondary N) is 1. The first kappa shape index (κ1) is 21.4. The van der Waals surface area contributed by atoms with Gasteiger partial charge in [-0.3, -0.25) is 14.6 Å². The van der Waals surface area contributed by atoms with Crippen LogP contribution in [0.2, 0.25) is 5.02 Å². The molecule has 2 aromatic carbocycles. The summed E-state index contributed by atoms with van der Waals surface area (Å²) in [6, 6.07) is 9.86. The molecule has 0 radical (unpaired) electrons. The topological polar surface area (TPSA) is 54.0 Å². The molecule has 0 spiro atoms. The van der Waals surface area contributed by atoms with Crippen molar-refractivity contribution < 1.29 is 18.7 Å². The van der Waals surface area contributed by atoms with Crippen LogP contribution in [0.1, 0.15) is 5.56 Å². The number of carbonyl (C=O) groups excluding carboxylic acids is 1. The molecule has 0 unspecified atom stereocenters. The molecule has 1 N–H and O–H groups in total. The summed E-state index contributed by atoms with van der Waals surface area (Å²) in [5.74, 6) is 0.846. The van der Waals surface area contributed by atoms with Crippen LogP contribution < -0.4 is 14.8 Å². The summed E-state index contributed by atoms with van der Waals surface area (Å²) in [7, 11) is 3.25. The van der Waals surface area contributed by atoms with E-state index in [1.165, 1.54) is 18.2 Å². The largest absolute Gasteiger partial charge is 0.493 e. The molecule has 0 atom stereocenters. The number of methoxy groups -OCH3 is 2. The Morgan fingerprint density at radius 3 is 2.38 bits per heavy atom. The molecule has 1 saturated heterocycles. The second kappa shape index (κ2) is 9.91. The number of hydrogen-bond donors (Lipinski definition) is 1. The zero-order chi connectivity index (χ0) is 20.8. The Morgan fingerprint density at radius 2 is 1.72 bits per heavy atom. The summed E-state index contributed by atoms with van der Waals surface area (Å²) >= 11 is 5.96. The van der Waals surface area contributed by atoms with E-state index in [9.17, 15) is 9.18 Å². The van der Waals surface area contributed by atoms with Crippen LogP contribution in [0.15, 0.2) is 36.4 Å². The van der Waals surface area contributed by atoms with Crippen molar-refractivity contribution in [2.24, 2.45) is 0 Å². The van der Waals surface area contributed by atoms with Gasteiger partial charge >= 0.3 is 0 Å². The molecule has 0 saturated carbocycles. The van der Waals surface area contributed by atoms with Crippen LogP contribution in [-0.4, -0.2) is 62.7 Å². The standard InChI is InChI=1S/C21H25ClFN3O3/c1-28-19-6-3-15(11-20(19)29-2)13-25-7-9-26(10-8-25)14-21(27)24-18-5-4-16(23)12-17(18)22/h3-6,11-12H,7-10,13-14H2,1-2H3,(H,24,27). The quantitative estimate of drug-likeness (QED) is 0.743. The predicted molar refractivity (Wildman–Crippen MR) is 111 cm³/mol. The maximum absolute atomic E-state index is 13.1. The minimum atomic E-state index is -0.432. The lowest BCUT2D eigenvalue weighted by Crippen LogP contribution is -2.48. The van der Waals surface area contributed by atoms with Gasteiger partial charge in [0.25, 0.3) is 0 Å². The summed E-state index contributed by atoms with van der Waals surface area (Å²) in [6.45, 7) is 4.39. The molecule has 3 rings (SSSR count). The van der Waals surface area contributed by atoms with Crippen molar-refractivity contribution in [2.75, 3.05) is 52.3 Å². The molecule has 2 aromatic rings. The third-order valence-electron chi connectivity index (χ3n) is 4.89. The Bertz CT molecular complexity index is 857. The van der Waals surface area contributed by atoms with Gasteiger partial charge in [-0.1, -0.05) is 17.7 Å². The SMILES string of the molecule is COc1ccc(CN2CCN(CC(=O)Nc3ccc(F)cc3Cl)CC2)cc1OC. The van der Waals surface area contributed by atoms with Crippen molar-refractivity contribution in [2.45, 2.75) is 6.54 Å². The van der Waals surface area contributed by atoms with E-state index in [1.807, 2.05) is 18.2 Å². The molecular weight excluding hydrogens is 397 g/mol. The van der Waals surface area contributed by atoms with Gasteiger partial charge in [-0.2, -0.15) is 0 Å². The Hall–Kier alpha value is -2.35. The van der Waals surface area contributed by atoms with Gasteiger partial charge in [0.05, 0.1) is 31.5 Å². The number of hydrogen-bond acceptors (Lipinski definition) is 5. The summed E-state index contributed by atoms with van der Waals surface area (Å²) < 4.78 is 23.7. The number of nitrogens with zero attached hydrogens (tertiary/aromatic N) is 2. The number of anilines is 1. The molecule has 1 fully saturated rings. The van der Waals surface area contributed by atoms with E-state index < -0.39 is 5.82 Å². The van der Waals surface area contributed by atoms with Gasteiger partial charge in [-0.15, -0.1) is 0 Å². The molecule has 6 nitrogen and oxygen atoms in total. The second-order valence-corrected chi connectivity index (χ2v) is 7.32. The van der Waals surface area contributed by atoms with E-state index in [4.69, 9.17) is 21.1 Å². The van der Waals surface area contributed by atoms with Crippen LogP contribution in [0.25, 0.3) is 0 Å². The molecule has 29 heavy (non-hydrogen) atoms. The van der Waals surface area contributed by atoms with Gasteiger partial charge < -0.3 is 14.8 Å². The molecule has 1 amide bonds. The van der Waals surface area contributed by atoms with Crippen LogP contribution in [0.5, 0.6) is 11.5 Å². The van der Waals surface area contributed by atoms with Crippen molar-refractivity contribution in [3.8, 4) is 11.5 Å². The molecule has 0 aromatic heterocycles. The lowest BCUT2D eigenvalue weighted by molar-refractivity contribution is -0.117. The smallest absolute Gasteiger partial charge is 0.238 e. The fraction of sp³-hybridized carbons (Fsp3) is 0.381. The molecular formula is C21H25ClFN3O3. The first-order valence-corrected chi connectivity index (χ1v) is 9.77. The maximum atomic E-state index is 13.1.